The average molecular weight is 196 g/mol. The molecule has 5 heteroatoms. The zero-order chi connectivity index (χ0) is 10.6. The number of aromatic amines is 1. The van der Waals surface area contributed by atoms with Gasteiger partial charge in [0, 0.05) is 12.7 Å². The summed E-state index contributed by atoms with van der Waals surface area (Å²) in [5, 5.41) is 0. The van der Waals surface area contributed by atoms with E-state index in [1.165, 1.54) is 10.8 Å². The molecule has 0 bridgehead atoms. The Morgan fingerprint density at radius 3 is 2.79 bits per heavy atom. The van der Waals surface area contributed by atoms with Crippen LogP contribution in [0.1, 0.15) is 30.1 Å². The van der Waals surface area contributed by atoms with Gasteiger partial charge >= 0.3 is 5.69 Å². The topological polar surface area (TPSA) is 71.9 Å². The molecule has 0 atom stereocenters. The van der Waals surface area contributed by atoms with Gasteiger partial charge in [0.2, 0.25) is 0 Å². The average Bonchev–Trinajstić information content (AvgIpc) is 2.17. The van der Waals surface area contributed by atoms with Gasteiger partial charge in [-0.3, -0.25) is 19.1 Å². The molecule has 0 saturated heterocycles. The van der Waals surface area contributed by atoms with Crippen molar-refractivity contribution in [2.45, 2.75) is 26.3 Å². The third kappa shape index (κ3) is 2.18. The summed E-state index contributed by atoms with van der Waals surface area (Å²) in [5.74, 6) is 0. The molecule has 0 aliphatic heterocycles. The fourth-order valence-corrected chi connectivity index (χ4v) is 1.10. The van der Waals surface area contributed by atoms with Crippen LogP contribution in [-0.2, 0) is 6.54 Å². The summed E-state index contributed by atoms with van der Waals surface area (Å²) in [4.78, 5) is 34.7. The number of aldehydes is 1. The van der Waals surface area contributed by atoms with Gasteiger partial charge in [0.25, 0.3) is 5.56 Å². The van der Waals surface area contributed by atoms with Crippen LogP contribution in [0.2, 0.25) is 0 Å². The Hall–Kier alpha value is -1.65. The predicted octanol–water partition coefficient (Wildman–Crippen LogP) is 0.149. The number of rotatable bonds is 4. The van der Waals surface area contributed by atoms with Gasteiger partial charge in [-0.25, -0.2) is 4.79 Å². The lowest BCUT2D eigenvalue weighted by molar-refractivity contribution is 0.112. The molecule has 0 radical (unpaired) electrons. The highest BCUT2D eigenvalue weighted by molar-refractivity contribution is 5.73. The minimum atomic E-state index is -0.627. The van der Waals surface area contributed by atoms with E-state index < -0.39 is 11.2 Å². The summed E-state index contributed by atoms with van der Waals surface area (Å²) < 4.78 is 1.34. The summed E-state index contributed by atoms with van der Waals surface area (Å²) in [6, 6.07) is 0. The van der Waals surface area contributed by atoms with Crippen molar-refractivity contribution in [2.24, 2.45) is 0 Å². The molecule has 0 aliphatic carbocycles. The van der Waals surface area contributed by atoms with Crippen LogP contribution in [0.4, 0.5) is 0 Å². The number of hydrogen-bond acceptors (Lipinski definition) is 3. The van der Waals surface area contributed by atoms with Crippen LogP contribution in [0, 0.1) is 0 Å². The fourth-order valence-electron chi connectivity index (χ4n) is 1.10. The highest BCUT2D eigenvalue weighted by Crippen LogP contribution is 1.91. The van der Waals surface area contributed by atoms with E-state index >= 15 is 0 Å². The van der Waals surface area contributed by atoms with Gasteiger partial charge in [0.15, 0.2) is 6.29 Å². The molecule has 0 fully saturated rings. The van der Waals surface area contributed by atoms with Crippen LogP contribution in [-0.4, -0.2) is 15.8 Å². The zero-order valence-electron chi connectivity index (χ0n) is 7.95. The molecular weight excluding hydrogens is 184 g/mol. The lowest BCUT2D eigenvalue weighted by Gasteiger charge is -2.03. The van der Waals surface area contributed by atoms with E-state index in [1.807, 2.05) is 6.92 Å². The van der Waals surface area contributed by atoms with E-state index in [2.05, 4.69) is 4.98 Å². The van der Waals surface area contributed by atoms with Crippen LogP contribution < -0.4 is 11.2 Å². The van der Waals surface area contributed by atoms with Crippen LogP contribution >= 0.6 is 0 Å². The Bertz CT molecular complexity index is 430. The maximum Gasteiger partial charge on any atom is 0.328 e. The van der Waals surface area contributed by atoms with Gasteiger partial charge in [0.05, 0.1) is 5.56 Å². The van der Waals surface area contributed by atoms with Crippen molar-refractivity contribution in [3.63, 3.8) is 0 Å². The lowest BCUT2D eigenvalue weighted by Crippen LogP contribution is -2.31. The lowest BCUT2D eigenvalue weighted by atomic mass is 10.3. The molecule has 0 saturated carbocycles. The number of nitrogens with zero attached hydrogens (tertiary/aromatic N) is 1. The molecule has 76 valence electrons. The summed E-state index contributed by atoms with van der Waals surface area (Å²) in [5.41, 5.74) is -1.10. The molecule has 1 N–H and O–H groups in total. The molecule has 5 nitrogen and oxygen atoms in total. The van der Waals surface area contributed by atoms with E-state index in [9.17, 15) is 14.4 Å². The number of unbranched alkanes of at least 4 members (excludes halogenated alkanes) is 1. The van der Waals surface area contributed by atoms with Crippen molar-refractivity contribution >= 4 is 6.29 Å². The van der Waals surface area contributed by atoms with Crippen LogP contribution in [0.25, 0.3) is 0 Å². The third-order valence-corrected chi connectivity index (χ3v) is 1.92. The highest BCUT2D eigenvalue weighted by Gasteiger charge is 2.02. The second-order valence-corrected chi connectivity index (χ2v) is 3.01. The number of carbonyl (C=O) groups excluding carboxylic acids is 1. The maximum atomic E-state index is 11.2. The van der Waals surface area contributed by atoms with Crippen LogP contribution in [0.15, 0.2) is 15.8 Å². The summed E-state index contributed by atoms with van der Waals surface area (Å²) in [6.45, 7) is 2.52. The number of aromatic nitrogens is 2. The SMILES string of the molecule is CCCCn1cc(C=O)c(=O)[nH]c1=O. The van der Waals surface area contributed by atoms with Gasteiger partial charge in [0.1, 0.15) is 0 Å². The Morgan fingerprint density at radius 2 is 2.21 bits per heavy atom. The van der Waals surface area contributed by atoms with Crippen molar-refractivity contribution in [3.05, 3.63) is 32.6 Å². The van der Waals surface area contributed by atoms with E-state index in [0.29, 0.717) is 12.8 Å². The van der Waals surface area contributed by atoms with Crippen molar-refractivity contribution in [1.29, 1.82) is 0 Å². The normalized spacial score (nSPS) is 10.1. The number of hydrogen-bond donors (Lipinski definition) is 1. The quantitative estimate of drug-likeness (QED) is 0.696. The van der Waals surface area contributed by atoms with Gasteiger partial charge in [-0.05, 0) is 6.42 Å². The summed E-state index contributed by atoms with van der Waals surface area (Å²) in [6.07, 6.45) is 3.52. The predicted molar refractivity (Wildman–Crippen MR) is 51.6 cm³/mol. The van der Waals surface area contributed by atoms with Crippen LogP contribution in [0.3, 0.4) is 0 Å². The smallest absolute Gasteiger partial charge is 0.300 e. The largest absolute Gasteiger partial charge is 0.328 e. The second-order valence-electron chi connectivity index (χ2n) is 3.01. The van der Waals surface area contributed by atoms with E-state index in [-0.39, 0.29) is 5.56 Å². The van der Waals surface area contributed by atoms with Gasteiger partial charge in [-0.2, -0.15) is 0 Å². The first-order valence-electron chi connectivity index (χ1n) is 4.48. The number of H-pyrrole nitrogens is 1. The third-order valence-electron chi connectivity index (χ3n) is 1.92. The van der Waals surface area contributed by atoms with Gasteiger partial charge < -0.3 is 0 Å². The summed E-state index contributed by atoms with van der Waals surface area (Å²) in [7, 11) is 0. The molecule has 1 aromatic rings. The molecular formula is C9H12N2O3. The monoisotopic (exact) mass is 196 g/mol. The standard InChI is InChI=1S/C9H12N2O3/c1-2-3-4-11-5-7(6-12)8(13)10-9(11)14/h5-6H,2-4H2,1H3,(H,10,13,14). The molecule has 1 aromatic heterocycles. The van der Waals surface area contributed by atoms with Gasteiger partial charge in [-0.15, -0.1) is 0 Å². The van der Waals surface area contributed by atoms with Crippen molar-refractivity contribution in [2.75, 3.05) is 0 Å². The Balaban J connectivity index is 3.11. The molecule has 1 rings (SSSR count). The minimum absolute atomic E-state index is 0.0132. The summed E-state index contributed by atoms with van der Waals surface area (Å²) >= 11 is 0. The van der Waals surface area contributed by atoms with Crippen molar-refractivity contribution in [1.82, 2.24) is 9.55 Å². The molecule has 14 heavy (non-hydrogen) atoms. The molecule has 0 amide bonds. The minimum Gasteiger partial charge on any atom is -0.300 e. The maximum absolute atomic E-state index is 11.2. The molecule has 0 aliphatic rings. The molecule has 0 unspecified atom stereocenters. The van der Waals surface area contributed by atoms with Crippen molar-refractivity contribution in [3.8, 4) is 0 Å². The van der Waals surface area contributed by atoms with Crippen molar-refractivity contribution < 1.29 is 4.79 Å². The Morgan fingerprint density at radius 1 is 1.50 bits per heavy atom. The van der Waals surface area contributed by atoms with E-state index in [0.717, 1.165) is 12.8 Å². The first kappa shape index (κ1) is 10.4. The Labute approximate surface area is 80.4 Å². The fraction of sp³-hybridized carbons (Fsp3) is 0.444. The number of nitrogens with one attached hydrogen (secondary N) is 1. The van der Waals surface area contributed by atoms with E-state index in [4.69, 9.17) is 0 Å². The molecule has 0 aromatic carbocycles. The first-order valence-corrected chi connectivity index (χ1v) is 4.48. The molecule has 0 spiro atoms. The first-order chi connectivity index (χ1) is 6.69. The highest BCUT2D eigenvalue weighted by atomic mass is 16.2. The molecule has 1 heterocycles. The Kier molecular flexibility index (Phi) is 3.39. The second kappa shape index (κ2) is 4.55. The zero-order valence-corrected chi connectivity index (χ0v) is 7.95. The van der Waals surface area contributed by atoms with Crippen LogP contribution in [0.5, 0.6) is 0 Å². The van der Waals surface area contributed by atoms with E-state index in [1.54, 1.807) is 0 Å². The number of carbonyl (C=O) groups is 1. The number of aryl methyl sites for hydroxylation is 1. The van der Waals surface area contributed by atoms with Gasteiger partial charge in [-0.1, -0.05) is 13.3 Å².